The number of hydrogen-bond donors (Lipinski definition) is 2. The van der Waals surface area contributed by atoms with E-state index in [0.717, 1.165) is 17.2 Å². The Morgan fingerprint density at radius 3 is 2.63 bits per heavy atom. The Labute approximate surface area is 115 Å². The smallest absolute Gasteiger partial charge is 0.221 e. The highest BCUT2D eigenvalue weighted by Crippen LogP contribution is 2.25. The lowest BCUT2D eigenvalue weighted by molar-refractivity contribution is -0.117. The number of nitrogens with one attached hydrogen (secondary N) is 1. The first-order valence-electron chi connectivity index (χ1n) is 7.27. The Kier molecular flexibility index (Phi) is 4.83. The van der Waals surface area contributed by atoms with Crippen LogP contribution >= 0.6 is 0 Å². The van der Waals surface area contributed by atoms with Gasteiger partial charge in [-0.2, -0.15) is 0 Å². The highest BCUT2D eigenvalue weighted by molar-refractivity contribution is 5.76. The van der Waals surface area contributed by atoms with Crippen molar-refractivity contribution in [3.05, 3.63) is 29.8 Å². The number of benzene rings is 1. The minimum Gasteiger partial charge on any atom is -0.382 e. The lowest BCUT2D eigenvalue weighted by Crippen LogP contribution is -2.18. The van der Waals surface area contributed by atoms with Crippen LogP contribution in [0.25, 0.3) is 0 Å². The van der Waals surface area contributed by atoms with Gasteiger partial charge in [-0.05, 0) is 42.9 Å². The molecule has 3 heteroatoms. The van der Waals surface area contributed by atoms with E-state index in [4.69, 9.17) is 5.73 Å². The molecule has 104 valence electrons. The van der Waals surface area contributed by atoms with Crippen LogP contribution in [-0.4, -0.2) is 11.9 Å². The molecule has 1 aliphatic carbocycles. The molecule has 2 unspecified atom stereocenters. The second-order valence-electron chi connectivity index (χ2n) is 5.79. The summed E-state index contributed by atoms with van der Waals surface area (Å²) in [7, 11) is 0. The van der Waals surface area contributed by atoms with Gasteiger partial charge in [0.15, 0.2) is 0 Å². The number of amides is 1. The van der Waals surface area contributed by atoms with E-state index in [9.17, 15) is 4.79 Å². The largest absolute Gasteiger partial charge is 0.382 e. The molecule has 2 atom stereocenters. The van der Waals surface area contributed by atoms with E-state index >= 15 is 0 Å². The summed E-state index contributed by atoms with van der Waals surface area (Å²) in [4.78, 5) is 10.8. The molecule has 0 heterocycles. The normalized spacial score (nSPS) is 23.6. The van der Waals surface area contributed by atoms with Gasteiger partial charge in [0, 0.05) is 11.7 Å². The number of anilines is 1. The van der Waals surface area contributed by atoms with Crippen LogP contribution in [0.1, 0.15) is 44.6 Å². The summed E-state index contributed by atoms with van der Waals surface area (Å²) in [6.45, 7) is 2.35. The summed E-state index contributed by atoms with van der Waals surface area (Å²) in [5.74, 6) is 0.586. The van der Waals surface area contributed by atoms with Crippen LogP contribution in [0, 0.1) is 5.92 Å². The van der Waals surface area contributed by atoms with E-state index in [2.05, 4.69) is 12.2 Å². The number of nitrogens with two attached hydrogens (primary N) is 1. The lowest BCUT2D eigenvalue weighted by atomic mass is 10.0. The fraction of sp³-hybridized carbons (Fsp3) is 0.562. The van der Waals surface area contributed by atoms with E-state index in [1.807, 2.05) is 24.3 Å². The summed E-state index contributed by atoms with van der Waals surface area (Å²) in [5, 5.41) is 3.61. The van der Waals surface area contributed by atoms with Gasteiger partial charge >= 0.3 is 0 Å². The summed E-state index contributed by atoms with van der Waals surface area (Å²) in [5.41, 5.74) is 7.31. The third kappa shape index (κ3) is 4.58. The van der Waals surface area contributed by atoms with Gasteiger partial charge in [-0.1, -0.05) is 31.9 Å². The molecule has 3 N–H and O–H groups in total. The standard InChI is InChI=1S/C16H24N2O/c1-12-3-2-4-14(8-5-12)18-15-9-6-13(7-10-15)11-16(17)19/h6-7,9-10,12,14,18H,2-5,8,11H2,1H3,(H2,17,19). The van der Waals surface area contributed by atoms with Crippen LogP contribution in [0.3, 0.4) is 0 Å². The van der Waals surface area contributed by atoms with E-state index in [-0.39, 0.29) is 5.91 Å². The molecule has 0 radical (unpaired) electrons. The topological polar surface area (TPSA) is 55.1 Å². The van der Waals surface area contributed by atoms with Crippen LogP contribution < -0.4 is 11.1 Å². The maximum Gasteiger partial charge on any atom is 0.221 e. The number of rotatable bonds is 4. The number of hydrogen-bond acceptors (Lipinski definition) is 2. The summed E-state index contributed by atoms with van der Waals surface area (Å²) in [6.07, 6.45) is 6.82. The van der Waals surface area contributed by atoms with Crippen LogP contribution in [0.15, 0.2) is 24.3 Å². The molecule has 3 nitrogen and oxygen atoms in total. The van der Waals surface area contributed by atoms with Crippen LogP contribution in [0.4, 0.5) is 5.69 Å². The van der Waals surface area contributed by atoms with E-state index in [1.54, 1.807) is 0 Å². The molecule has 1 aromatic rings. The highest BCUT2D eigenvalue weighted by Gasteiger charge is 2.15. The molecule has 1 aliphatic rings. The quantitative estimate of drug-likeness (QED) is 0.817. The Hall–Kier alpha value is -1.51. The Bertz CT molecular complexity index is 413. The predicted octanol–water partition coefficient (Wildman–Crippen LogP) is 3.10. The Morgan fingerprint density at radius 1 is 1.21 bits per heavy atom. The molecule has 1 saturated carbocycles. The minimum absolute atomic E-state index is 0.279. The minimum atomic E-state index is -0.279. The van der Waals surface area contributed by atoms with Gasteiger partial charge in [0.1, 0.15) is 0 Å². The van der Waals surface area contributed by atoms with Gasteiger partial charge in [-0.15, -0.1) is 0 Å². The molecular weight excluding hydrogens is 236 g/mol. The molecule has 0 spiro atoms. The number of primary amides is 1. The third-order valence-corrected chi connectivity index (χ3v) is 3.96. The maximum absolute atomic E-state index is 10.8. The number of carbonyl (C=O) groups is 1. The van der Waals surface area contributed by atoms with Crippen molar-refractivity contribution in [1.29, 1.82) is 0 Å². The van der Waals surface area contributed by atoms with Crippen molar-refractivity contribution in [3.8, 4) is 0 Å². The number of carbonyl (C=O) groups excluding carboxylic acids is 1. The van der Waals surface area contributed by atoms with Gasteiger partial charge in [0.05, 0.1) is 6.42 Å². The van der Waals surface area contributed by atoms with Gasteiger partial charge in [0.25, 0.3) is 0 Å². The summed E-state index contributed by atoms with van der Waals surface area (Å²) < 4.78 is 0. The molecule has 0 aliphatic heterocycles. The zero-order valence-electron chi connectivity index (χ0n) is 11.7. The van der Waals surface area contributed by atoms with Crippen molar-refractivity contribution in [2.24, 2.45) is 11.7 Å². The maximum atomic E-state index is 10.8. The third-order valence-electron chi connectivity index (χ3n) is 3.96. The zero-order chi connectivity index (χ0) is 13.7. The van der Waals surface area contributed by atoms with Crippen LogP contribution in [0.2, 0.25) is 0 Å². The second kappa shape index (κ2) is 6.60. The monoisotopic (exact) mass is 260 g/mol. The second-order valence-corrected chi connectivity index (χ2v) is 5.79. The van der Waals surface area contributed by atoms with E-state index in [1.165, 1.54) is 32.1 Å². The highest BCUT2D eigenvalue weighted by atomic mass is 16.1. The van der Waals surface area contributed by atoms with Gasteiger partial charge < -0.3 is 11.1 Å². The SMILES string of the molecule is CC1CCCC(Nc2ccc(CC(N)=O)cc2)CC1. The van der Waals surface area contributed by atoms with Crippen molar-refractivity contribution in [2.75, 3.05) is 5.32 Å². The van der Waals surface area contributed by atoms with Crippen molar-refractivity contribution in [2.45, 2.75) is 51.5 Å². The van der Waals surface area contributed by atoms with Gasteiger partial charge in [0.2, 0.25) is 5.91 Å². The van der Waals surface area contributed by atoms with E-state index < -0.39 is 0 Å². The van der Waals surface area contributed by atoms with Crippen LogP contribution in [0.5, 0.6) is 0 Å². The molecule has 2 rings (SSSR count). The first-order chi connectivity index (χ1) is 9.13. The molecule has 1 aromatic carbocycles. The summed E-state index contributed by atoms with van der Waals surface area (Å²) >= 11 is 0. The fourth-order valence-corrected chi connectivity index (χ4v) is 2.79. The molecule has 0 bridgehead atoms. The van der Waals surface area contributed by atoms with Crippen LogP contribution in [-0.2, 0) is 11.2 Å². The van der Waals surface area contributed by atoms with Crippen molar-refractivity contribution in [3.63, 3.8) is 0 Å². The van der Waals surface area contributed by atoms with Gasteiger partial charge in [-0.25, -0.2) is 0 Å². The lowest BCUT2D eigenvalue weighted by Gasteiger charge is -2.18. The zero-order valence-corrected chi connectivity index (χ0v) is 11.7. The van der Waals surface area contributed by atoms with Gasteiger partial charge in [-0.3, -0.25) is 4.79 Å². The average Bonchev–Trinajstić information content (AvgIpc) is 2.56. The summed E-state index contributed by atoms with van der Waals surface area (Å²) in [6, 6.07) is 8.64. The molecule has 0 aromatic heterocycles. The Morgan fingerprint density at radius 2 is 1.95 bits per heavy atom. The molecular formula is C16H24N2O. The van der Waals surface area contributed by atoms with Crippen molar-refractivity contribution >= 4 is 11.6 Å². The molecule has 0 saturated heterocycles. The molecule has 1 fully saturated rings. The molecule has 1 amide bonds. The average molecular weight is 260 g/mol. The van der Waals surface area contributed by atoms with E-state index in [0.29, 0.717) is 12.5 Å². The first kappa shape index (κ1) is 13.9. The van der Waals surface area contributed by atoms with Crippen molar-refractivity contribution in [1.82, 2.24) is 0 Å². The first-order valence-corrected chi connectivity index (χ1v) is 7.27. The Balaban J connectivity index is 1.90. The fourth-order valence-electron chi connectivity index (χ4n) is 2.79. The molecule has 19 heavy (non-hydrogen) atoms. The van der Waals surface area contributed by atoms with Crippen molar-refractivity contribution < 1.29 is 4.79 Å². The predicted molar refractivity (Wildman–Crippen MR) is 79.0 cm³/mol.